The van der Waals surface area contributed by atoms with Crippen LogP contribution in [0.1, 0.15) is 13.3 Å². The van der Waals surface area contributed by atoms with Crippen LogP contribution < -0.4 is 5.32 Å². The molecule has 1 aromatic carbocycles. The summed E-state index contributed by atoms with van der Waals surface area (Å²) in [6.07, 6.45) is 0.816. The van der Waals surface area contributed by atoms with Crippen LogP contribution in [0.4, 0.5) is 5.95 Å². The number of imidazole rings is 1. The molecule has 0 saturated carbocycles. The Bertz CT molecular complexity index is 599. The number of nitrogens with one attached hydrogen (secondary N) is 1. The van der Waals surface area contributed by atoms with Crippen LogP contribution in [0, 0.1) is 4.91 Å². The van der Waals surface area contributed by atoms with Gasteiger partial charge < -0.3 is 14.6 Å². The predicted molar refractivity (Wildman–Crippen MR) is 87.8 cm³/mol. The standard InChI is InChI=1S/C15H23N5O2/c1-3-22-12-11-20-14-8-5-4-7-13(14)17-15(20)16-9-6-10-19(2)18-21/h4-5,7-8H,3,6,9-12H2,1-2H3,(H,16,17). The van der Waals surface area contributed by atoms with Crippen LogP contribution in [0.25, 0.3) is 11.0 Å². The van der Waals surface area contributed by atoms with Gasteiger partial charge in [-0.1, -0.05) is 12.1 Å². The van der Waals surface area contributed by atoms with Crippen molar-refractivity contribution in [3.8, 4) is 0 Å². The van der Waals surface area contributed by atoms with Crippen molar-refractivity contribution in [1.29, 1.82) is 0 Å². The number of ether oxygens (including phenoxy) is 1. The molecule has 0 bridgehead atoms. The number of aromatic nitrogens is 2. The highest BCUT2D eigenvalue weighted by Crippen LogP contribution is 2.19. The summed E-state index contributed by atoms with van der Waals surface area (Å²) in [6, 6.07) is 8.05. The van der Waals surface area contributed by atoms with Gasteiger partial charge in [0.2, 0.25) is 5.95 Å². The molecular formula is C15H23N5O2. The first kappa shape index (κ1) is 16.2. The molecule has 0 fully saturated rings. The van der Waals surface area contributed by atoms with Crippen LogP contribution >= 0.6 is 0 Å². The molecule has 0 aliphatic rings. The minimum atomic E-state index is 0.621. The normalized spacial score (nSPS) is 10.8. The lowest BCUT2D eigenvalue weighted by molar-refractivity contribution is 0.140. The molecule has 0 radical (unpaired) electrons. The molecule has 0 amide bonds. The fourth-order valence-electron chi connectivity index (χ4n) is 2.29. The van der Waals surface area contributed by atoms with E-state index in [4.69, 9.17) is 4.74 Å². The van der Waals surface area contributed by atoms with Crippen molar-refractivity contribution in [2.24, 2.45) is 5.29 Å². The van der Waals surface area contributed by atoms with E-state index in [1.54, 1.807) is 7.05 Å². The van der Waals surface area contributed by atoms with Crippen LogP contribution in [-0.2, 0) is 11.3 Å². The van der Waals surface area contributed by atoms with Crippen LogP contribution in [0.15, 0.2) is 29.6 Å². The van der Waals surface area contributed by atoms with E-state index < -0.39 is 0 Å². The molecular weight excluding hydrogens is 282 g/mol. The molecule has 1 heterocycles. The summed E-state index contributed by atoms with van der Waals surface area (Å²) in [7, 11) is 1.67. The molecule has 1 aromatic heterocycles. The van der Waals surface area contributed by atoms with E-state index in [0.717, 1.165) is 36.5 Å². The summed E-state index contributed by atoms with van der Waals surface area (Å²) in [6.45, 7) is 5.46. The Labute approximate surface area is 130 Å². The Hall–Kier alpha value is -2.15. The molecule has 0 atom stereocenters. The van der Waals surface area contributed by atoms with E-state index in [1.807, 2.05) is 25.1 Å². The summed E-state index contributed by atoms with van der Waals surface area (Å²) in [5.41, 5.74) is 2.06. The van der Waals surface area contributed by atoms with Crippen molar-refractivity contribution >= 4 is 17.0 Å². The lowest BCUT2D eigenvalue weighted by Crippen LogP contribution is -2.17. The van der Waals surface area contributed by atoms with Gasteiger partial charge in [0.05, 0.1) is 22.9 Å². The topological polar surface area (TPSA) is 71.8 Å². The number of rotatable bonds is 10. The third kappa shape index (κ3) is 4.17. The lowest BCUT2D eigenvalue weighted by Gasteiger charge is -2.12. The number of nitrogens with zero attached hydrogens (tertiary/aromatic N) is 4. The Balaban J connectivity index is 2.03. The number of para-hydroxylation sites is 2. The van der Waals surface area contributed by atoms with Gasteiger partial charge in [-0.2, -0.15) is 0 Å². The van der Waals surface area contributed by atoms with Gasteiger partial charge in [-0.05, 0) is 25.5 Å². The molecule has 22 heavy (non-hydrogen) atoms. The van der Waals surface area contributed by atoms with Gasteiger partial charge in [0.15, 0.2) is 0 Å². The zero-order valence-electron chi connectivity index (χ0n) is 13.2. The van der Waals surface area contributed by atoms with Crippen LogP contribution in [0.3, 0.4) is 0 Å². The summed E-state index contributed by atoms with van der Waals surface area (Å²) in [4.78, 5) is 14.9. The second-order valence-electron chi connectivity index (χ2n) is 5.02. The fraction of sp³-hybridized carbons (Fsp3) is 0.533. The molecule has 0 unspecified atom stereocenters. The highest BCUT2D eigenvalue weighted by atomic mass is 16.5. The number of nitroso groups, excluding NO2 is 1. The van der Waals surface area contributed by atoms with Gasteiger partial charge in [0.25, 0.3) is 0 Å². The molecule has 7 heteroatoms. The van der Waals surface area contributed by atoms with Crippen molar-refractivity contribution in [1.82, 2.24) is 14.6 Å². The molecule has 0 aliphatic carbocycles. The third-order valence-electron chi connectivity index (χ3n) is 3.40. The van der Waals surface area contributed by atoms with Gasteiger partial charge >= 0.3 is 0 Å². The van der Waals surface area contributed by atoms with E-state index in [1.165, 1.54) is 5.01 Å². The van der Waals surface area contributed by atoms with Crippen LogP contribution in [-0.4, -0.2) is 47.9 Å². The number of anilines is 1. The number of fused-ring (bicyclic) bond motifs is 1. The summed E-state index contributed by atoms with van der Waals surface area (Å²) < 4.78 is 7.58. The van der Waals surface area contributed by atoms with Gasteiger partial charge in [0, 0.05) is 33.3 Å². The number of hydrogen-bond acceptors (Lipinski definition) is 5. The average Bonchev–Trinajstić information content (AvgIpc) is 2.89. The molecule has 2 rings (SSSR count). The molecule has 7 nitrogen and oxygen atoms in total. The van der Waals surface area contributed by atoms with E-state index >= 15 is 0 Å². The zero-order valence-corrected chi connectivity index (χ0v) is 13.2. The quantitative estimate of drug-likeness (QED) is 0.415. The molecule has 2 aromatic rings. The maximum Gasteiger partial charge on any atom is 0.203 e. The minimum absolute atomic E-state index is 0.621. The second kappa shape index (κ2) is 8.33. The molecule has 120 valence electrons. The van der Waals surface area contributed by atoms with Crippen molar-refractivity contribution in [3.05, 3.63) is 29.2 Å². The third-order valence-corrected chi connectivity index (χ3v) is 3.40. The van der Waals surface area contributed by atoms with Gasteiger partial charge in [-0.15, -0.1) is 4.91 Å². The van der Waals surface area contributed by atoms with Crippen molar-refractivity contribution in [3.63, 3.8) is 0 Å². The molecule has 0 spiro atoms. The average molecular weight is 305 g/mol. The maximum atomic E-state index is 10.3. The van der Waals surface area contributed by atoms with Crippen molar-refractivity contribution in [2.75, 3.05) is 38.7 Å². The second-order valence-corrected chi connectivity index (χ2v) is 5.02. The Morgan fingerprint density at radius 2 is 2.23 bits per heavy atom. The van der Waals surface area contributed by atoms with Gasteiger partial charge in [-0.25, -0.2) is 4.98 Å². The Morgan fingerprint density at radius 3 is 3.00 bits per heavy atom. The zero-order chi connectivity index (χ0) is 15.8. The van der Waals surface area contributed by atoms with E-state index in [0.29, 0.717) is 19.8 Å². The van der Waals surface area contributed by atoms with Crippen LogP contribution in [0.2, 0.25) is 0 Å². The summed E-state index contributed by atoms with van der Waals surface area (Å²) >= 11 is 0. The number of hydrogen-bond donors (Lipinski definition) is 1. The highest BCUT2D eigenvalue weighted by Gasteiger charge is 2.09. The first-order valence-corrected chi connectivity index (χ1v) is 7.57. The minimum Gasteiger partial charge on any atom is -0.380 e. The fourth-order valence-corrected chi connectivity index (χ4v) is 2.29. The van der Waals surface area contributed by atoms with Crippen LogP contribution in [0.5, 0.6) is 0 Å². The molecule has 0 saturated heterocycles. The lowest BCUT2D eigenvalue weighted by atomic mass is 10.3. The smallest absolute Gasteiger partial charge is 0.203 e. The SMILES string of the molecule is CCOCCn1c(NCCCN(C)N=O)nc2ccccc21. The largest absolute Gasteiger partial charge is 0.380 e. The highest BCUT2D eigenvalue weighted by molar-refractivity contribution is 5.78. The Kier molecular flexibility index (Phi) is 6.14. The first-order chi connectivity index (χ1) is 10.8. The van der Waals surface area contributed by atoms with E-state index in [2.05, 4.69) is 26.2 Å². The first-order valence-electron chi connectivity index (χ1n) is 7.57. The maximum absolute atomic E-state index is 10.3. The van der Waals surface area contributed by atoms with Gasteiger partial charge in [0.1, 0.15) is 0 Å². The van der Waals surface area contributed by atoms with Gasteiger partial charge in [-0.3, -0.25) is 5.01 Å². The summed E-state index contributed by atoms with van der Waals surface area (Å²) in [5.74, 6) is 0.836. The van der Waals surface area contributed by atoms with E-state index in [9.17, 15) is 4.91 Å². The summed E-state index contributed by atoms with van der Waals surface area (Å²) in [5, 5.41) is 7.58. The monoisotopic (exact) mass is 305 g/mol. The van der Waals surface area contributed by atoms with Crippen molar-refractivity contribution < 1.29 is 4.74 Å². The molecule has 1 N–H and O–H groups in total. The van der Waals surface area contributed by atoms with E-state index in [-0.39, 0.29) is 0 Å². The Morgan fingerprint density at radius 1 is 1.41 bits per heavy atom. The predicted octanol–water partition coefficient (Wildman–Crippen LogP) is 2.49. The van der Waals surface area contributed by atoms with Crippen molar-refractivity contribution in [2.45, 2.75) is 19.9 Å². The number of benzene rings is 1. The molecule has 0 aliphatic heterocycles.